The van der Waals surface area contributed by atoms with E-state index in [0.29, 0.717) is 5.69 Å². The van der Waals surface area contributed by atoms with E-state index in [-0.39, 0.29) is 5.56 Å². The second-order valence-electron chi connectivity index (χ2n) is 9.47. The van der Waals surface area contributed by atoms with Crippen molar-refractivity contribution in [3.63, 3.8) is 0 Å². The van der Waals surface area contributed by atoms with E-state index >= 15 is 0 Å². The van der Waals surface area contributed by atoms with Crippen LogP contribution in [-0.2, 0) is 6.18 Å². The van der Waals surface area contributed by atoms with Gasteiger partial charge < -0.3 is 15.1 Å². The van der Waals surface area contributed by atoms with Gasteiger partial charge in [0.2, 0.25) is 0 Å². The number of aromatic nitrogens is 4. The zero-order chi connectivity index (χ0) is 27.7. The van der Waals surface area contributed by atoms with E-state index in [9.17, 15) is 18.0 Å². The number of amides is 1. The molecule has 0 spiro atoms. The van der Waals surface area contributed by atoms with Crippen LogP contribution in [-0.4, -0.2) is 52.3 Å². The molecular formula is C29H24F3N7O. The number of benzene rings is 3. The van der Waals surface area contributed by atoms with Crippen molar-refractivity contribution >= 4 is 34.0 Å². The number of halogens is 3. The first kappa shape index (κ1) is 25.4. The van der Waals surface area contributed by atoms with Gasteiger partial charge in [-0.1, -0.05) is 18.2 Å². The molecule has 2 N–H and O–H groups in total. The summed E-state index contributed by atoms with van der Waals surface area (Å²) in [7, 11) is 0. The van der Waals surface area contributed by atoms with Gasteiger partial charge in [-0.05, 0) is 54.1 Å². The van der Waals surface area contributed by atoms with Crippen LogP contribution in [0.2, 0.25) is 0 Å². The van der Waals surface area contributed by atoms with Crippen molar-refractivity contribution in [3.8, 4) is 11.1 Å². The molecule has 6 rings (SSSR count). The highest BCUT2D eigenvalue weighted by atomic mass is 19.4. The van der Waals surface area contributed by atoms with Crippen molar-refractivity contribution in [1.82, 2.24) is 20.2 Å². The minimum Gasteiger partial charge on any atom is -0.368 e. The lowest BCUT2D eigenvalue weighted by Crippen LogP contribution is -2.47. The minimum absolute atomic E-state index is 0.0538. The number of anilines is 3. The maximum absolute atomic E-state index is 13.1. The molecule has 3 heterocycles. The Balaban J connectivity index is 1.15. The van der Waals surface area contributed by atoms with Crippen molar-refractivity contribution in [2.75, 3.05) is 41.3 Å². The van der Waals surface area contributed by atoms with Gasteiger partial charge in [0, 0.05) is 60.3 Å². The predicted molar refractivity (Wildman–Crippen MR) is 147 cm³/mol. The molecule has 40 heavy (non-hydrogen) atoms. The van der Waals surface area contributed by atoms with Crippen LogP contribution in [0.3, 0.4) is 0 Å². The monoisotopic (exact) mass is 543 g/mol. The third-order valence-corrected chi connectivity index (χ3v) is 6.95. The Morgan fingerprint density at radius 1 is 0.875 bits per heavy atom. The van der Waals surface area contributed by atoms with Gasteiger partial charge in [0.1, 0.15) is 12.1 Å². The molecule has 1 aliphatic rings. The summed E-state index contributed by atoms with van der Waals surface area (Å²) in [4.78, 5) is 26.1. The van der Waals surface area contributed by atoms with Gasteiger partial charge in [0.25, 0.3) is 5.91 Å². The van der Waals surface area contributed by atoms with Crippen LogP contribution in [0.4, 0.5) is 30.4 Å². The number of H-pyrrole nitrogens is 1. The molecule has 1 aliphatic heterocycles. The zero-order valence-electron chi connectivity index (χ0n) is 21.2. The number of alkyl halides is 3. The third-order valence-electron chi connectivity index (χ3n) is 6.95. The highest BCUT2D eigenvalue weighted by Crippen LogP contribution is 2.31. The van der Waals surface area contributed by atoms with Crippen molar-refractivity contribution in [2.45, 2.75) is 6.18 Å². The number of nitrogens with one attached hydrogen (secondary N) is 2. The summed E-state index contributed by atoms with van der Waals surface area (Å²) >= 11 is 0. The number of aromatic amines is 1. The van der Waals surface area contributed by atoms with Crippen molar-refractivity contribution in [3.05, 3.63) is 96.6 Å². The standard InChI is InChI=1S/C29H24F3N7O/c30-29(31,32)22-4-1-3-20(13-22)28(40)37-23-5-2-6-24(15-23)38-9-11-39(12-10-38)27-25-14-19(21-16-35-36-17-21)7-8-26(25)33-18-34-27/h1-8,13-18H,9-12H2,(H,35,36)(H,37,40). The van der Waals surface area contributed by atoms with Gasteiger partial charge in [-0.15, -0.1) is 0 Å². The molecule has 0 aliphatic carbocycles. The first-order chi connectivity index (χ1) is 19.3. The lowest BCUT2D eigenvalue weighted by atomic mass is 10.1. The Labute approximate surface area is 227 Å². The Kier molecular flexibility index (Phi) is 6.54. The van der Waals surface area contributed by atoms with Crippen molar-refractivity contribution in [2.24, 2.45) is 0 Å². The average Bonchev–Trinajstić information content (AvgIpc) is 3.52. The molecule has 1 amide bonds. The highest BCUT2D eigenvalue weighted by molar-refractivity contribution is 6.04. The Bertz CT molecular complexity index is 1660. The van der Waals surface area contributed by atoms with Gasteiger partial charge in [-0.3, -0.25) is 9.89 Å². The predicted octanol–water partition coefficient (Wildman–Crippen LogP) is 5.62. The SMILES string of the molecule is O=C(Nc1cccc(N2CCN(c3ncnc4ccc(-c5cn[nH]c5)cc34)CC2)c1)c1cccc(C(F)(F)F)c1. The fourth-order valence-electron chi connectivity index (χ4n) is 4.88. The molecule has 0 saturated carbocycles. The molecule has 8 nitrogen and oxygen atoms in total. The van der Waals surface area contributed by atoms with Gasteiger partial charge in [0.15, 0.2) is 0 Å². The second-order valence-corrected chi connectivity index (χ2v) is 9.47. The van der Waals surface area contributed by atoms with E-state index < -0.39 is 17.6 Å². The van der Waals surface area contributed by atoms with Crippen molar-refractivity contribution in [1.29, 1.82) is 0 Å². The van der Waals surface area contributed by atoms with E-state index in [2.05, 4.69) is 41.3 Å². The molecule has 1 fully saturated rings. The normalized spacial score (nSPS) is 14.0. The van der Waals surface area contributed by atoms with E-state index in [1.165, 1.54) is 12.1 Å². The van der Waals surface area contributed by atoms with Crippen LogP contribution in [0.15, 0.2) is 85.5 Å². The summed E-state index contributed by atoms with van der Waals surface area (Å²) < 4.78 is 39.2. The van der Waals surface area contributed by atoms with E-state index in [1.807, 2.05) is 36.5 Å². The molecule has 0 unspecified atom stereocenters. The summed E-state index contributed by atoms with van der Waals surface area (Å²) in [6, 6.07) is 17.8. The molecule has 202 valence electrons. The first-order valence-electron chi connectivity index (χ1n) is 12.7. The Morgan fingerprint density at radius 3 is 2.45 bits per heavy atom. The van der Waals surface area contributed by atoms with Crippen LogP contribution >= 0.6 is 0 Å². The van der Waals surface area contributed by atoms with Crippen LogP contribution in [0.25, 0.3) is 22.0 Å². The van der Waals surface area contributed by atoms with E-state index in [1.54, 1.807) is 18.6 Å². The van der Waals surface area contributed by atoms with Crippen LogP contribution in [0, 0.1) is 0 Å². The van der Waals surface area contributed by atoms with Crippen LogP contribution in [0.1, 0.15) is 15.9 Å². The number of carbonyl (C=O) groups is 1. The van der Waals surface area contributed by atoms with Crippen molar-refractivity contribution < 1.29 is 18.0 Å². The third kappa shape index (κ3) is 5.18. The number of nitrogens with zero attached hydrogens (tertiary/aromatic N) is 5. The topological polar surface area (TPSA) is 90.0 Å². The Morgan fingerprint density at radius 2 is 1.68 bits per heavy atom. The number of hydrogen-bond acceptors (Lipinski definition) is 6. The quantitative estimate of drug-likeness (QED) is 0.299. The number of fused-ring (bicyclic) bond motifs is 1. The second kappa shape index (κ2) is 10.3. The van der Waals surface area contributed by atoms with Gasteiger partial charge in [0.05, 0.1) is 17.3 Å². The van der Waals surface area contributed by atoms with E-state index in [0.717, 1.165) is 71.8 Å². The maximum atomic E-state index is 13.1. The molecule has 1 saturated heterocycles. The average molecular weight is 544 g/mol. The molecule has 11 heteroatoms. The molecule has 5 aromatic rings. The van der Waals surface area contributed by atoms with Gasteiger partial charge >= 0.3 is 6.18 Å². The molecular weight excluding hydrogens is 519 g/mol. The van der Waals surface area contributed by atoms with E-state index in [4.69, 9.17) is 0 Å². The molecule has 0 bridgehead atoms. The van der Waals surface area contributed by atoms with Gasteiger partial charge in [-0.25, -0.2) is 9.97 Å². The molecule has 2 aromatic heterocycles. The molecule has 3 aromatic carbocycles. The summed E-state index contributed by atoms with van der Waals surface area (Å²) in [5.41, 5.74) is 3.39. The number of hydrogen-bond donors (Lipinski definition) is 2. The minimum atomic E-state index is -4.52. The Hall–Kier alpha value is -4.93. The molecule has 0 radical (unpaired) electrons. The maximum Gasteiger partial charge on any atom is 0.416 e. The summed E-state index contributed by atoms with van der Waals surface area (Å²) in [6.07, 6.45) is 0.690. The van der Waals surface area contributed by atoms with Gasteiger partial charge in [-0.2, -0.15) is 18.3 Å². The highest BCUT2D eigenvalue weighted by Gasteiger charge is 2.31. The fourth-order valence-corrected chi connectivity index (χ4v) is 4.88. The zero-order valence-corrected chi connectivity index (χ0v) is 21.2. The lowest BCUT2D eigenvalue weighted by Gasteiger charge is -2.37. The number of rotatable bonds is 5. The largest absolute Gasteiger partial charge is 0.416 e. The fraction of sp³-hybridized carbons (Fsp3) is 0.172. The summed E-state index contributed by atoms with van der Waals surface area (Å²) in [5.74, 6) is 0.274. The summed E-state index contributed by atoms with van der Waals surface area (Å²) in [5, 5.41) is 10.6. The lowest BCUT2D eigenvalue weighted by molar-refractivity contribution is -0.137. The smallest absolute Gasteiger partial charge is 0.368 e. The van der Waals surface area contributed by atoms with Crippen LogP contribution < -0.4 is 15.1 Å². The number of piperazine rings is 1. The first-order valence-corrected chi connectivity index (χ1v) is 12.7. The number of carbonyl (C=O) groups excluding carboxylic acids is 1. The molecule has 0 atom stereocenters. The summed E-state index contributed by atoms with van der Waals surface area (Å²) in [6.45, 7) is 2.89. The van der Waals surface area contributed by atoms with Crippen LogP contribution in [0.5, 0.6) is 0 Å².